The van der Waals surface area contributed by atoms with Crippen LogP contribution in [0.1, 0.15) is 10.5 Å². The van der Waals surface area contributed by atoms with Crippen LogP contribution in [0.4, 0.5) is 0 Å². The maximum Gasteiger partial charge on any atom is 0.189 e. The molecule has 0 atom stereocenters. The number of benzene rings is 1. The number of thioether (sulfide) groups is 1. The minimum Gasteiger partial charge on any atom is -0.359 e. The molecule has 0 radical (unpaired) electrons. The number of rotatable bonds is 4. The largest absolute Gasteiger partial charge is 0.359 e. The lowest BCUT2D eigenvalue weighted by atomic mass is 10.3. The highest BCUT2D eigenvalue weighted by atomic mass is 79.9. The summed E-state index contributed by atoms with van der Waals surface area (Å²) in [4.78, 5) is 15.7. The van der Waals surface area contributed by atoms with Gasteiger partial charge in [-0.25, -0.2) is 0 Å². The summed E-state index contributed by atoms with van der Waals surface area (Å²) in [5, 5.41) is 0. The van der Waals surface area contributed by atoms with E-state index < -0.39 is 0 Å². The second kappa shape index (κ2) is 5.37. The van der Waals surface area contributed by atoms with E-state index in [0.717, 1.165) is 9.37 Å². The van der Waals surface area contributed by atoms with Crippen LogP contribution in [-0.4, -0.2) is 16.5 Å². The monoisotopic (exact) mass is 295 g/mol. The number of aromatic amines is 1. The first-order valence-electron chi connectivity index (χ1n) is 4.80. The Bertz CT molecular complexity index is 482. The third-order valence-electron chi connectivity index (χ3n) is 2.06. The Morgan fingerprint density at radius 1 is 1.31 bits per heavy atom. The van der Waals surface area contributed by atoms with Crippen LogP contribution in [0, 0.1) is 0 Å². The number of hydrogen-bond donors (Lipinski definition) is 1. The molecule has 0 spiro atoms. The van der Waals surface area contributed by atoms with Gasteiger partial charge in [-0.2, -0.15) is 0 Å². The van der Waals surface area contributed by atoms with Crippen molar-refractivity contribution in [1.82, 2.24) is 4.98 Å². The second-order valence-corrected chi connectivity index (χ2v) is 5.22. The van der Waals surface area contributed by atoms with Gasteiger partial charge in [-0.05, 0) is 30.3 Å². The van der Waals surface area contributed by atoms with Crippen LogP contribution < -0.4 is 0 Å². The molecule has 0 saturated carbocycles. The molecule has 2 aromatic rings. The van der Waals surface area contributed by atoms with Gasteiger partial charge in [0.1, 0.15) is 0 Å². The molecule has 0 fully saturated rings. The Balaban J connectivity index is 1.95. The zero-order valence-electron chi connectivity index (χ0n) is 8.44. The Hall–Kier alpha value is -1.00. The normalized spacial score (nSPS) is 10.3. The van der Waals surface area contributed by atoms with Gasteiger partial charge >= 0.3 is 0 Å². The number of carbonyl (C=O) groups is 1. The molecule has 2 nitrogen and oxygen atoms in total. The Kier molecular flexibility index (Phi) is 3.85. The fraction of sp³-hybridized carbons (Fsp3) is 0.0833. The predicted molar refractivity (Wildman–Crippen MR) is 70.0 cm³/mol. The zero-order valence-corrected chi connectivity index (χ0v) is 10.8. The summed E-state index contributed by atoms with van der Waals surface area (Å²) in [6.07, 6.45) is 1.76. The van der Waals surface area contributed by atoms with Gasteiger partial charge in [-0.15, -0.1) is 11.8 Å². The van der Waals surface area contributed by atoms with Gasteiger partial charge in [0.25, 0.3) is 0 Å². The highest BCUT2D eigenvalue weighted by molar-refractivity contribution is 9.10. The van der Waals surface area contributed by atoms with Crippen molar-refractivity contribution in [3.05, 3.63) is 52.8 Å². The summed E-state index contributed by atoms with van der Waals surface area (Å²) in [5.74, 6) is 0.576. The molecule has 1 aromatic heterocycles. The molecule has 1 heterocycles. The average Bonchev–Trinajstić information content (AvgIpc) is 2.79. The van der Waals surface area contributed by atoms with Crippen molar-refractivity contribution in [3.63, 3.8) is 0 Å². The molecule has 82 valence electrons. The van der Waals surface area contributed by atoms with Crippen molar-refractivity contribution >= 4 is 33.5 Å². The molecule has 1 N–H and O–H groups in total. The lowest BCUT2D eigenvalue weighted by Gasteiger charge is -2.00. The first-order valence-corrected chi connectivity index (χ1v) is 6.58. The maximum atomic E-state index is 11.7. The number of halogens is 1. The van der Waals surface area contributed by atoms with Crippen molar-refractivity contribution in [2.24, 2.45) is 0 Å². The van der Waals surface area contributed by atoms with E-state index >= 15 is 0 Å². The van der Waals surface area contributed by atoms with E-state index in [1.807, 2.05) is 30.3 Å². The maximum absolute atomic E-state index is 11.7. The van der Waals surface area contributed by atoms with E-state index in [1.165, 1.54) is 0 Å². The fourth-order valence-electron chi connectivity index (χ4n) is 1.29. The van der Waals surface area contributed by atoms with Crippen LogP contribution in [-0.2, 0) is 0 Å². The molecule has 0 unspecified atom stereocenters. The molecule has 0 bridgehead atoms. The summed E-state index contributed by atoms with van der Waals surface area (Å²) >= 11 is 4.94. The first kappa shape index (κ1) is 11.5. The highest BCUT2D eigenvalue weighted by Crippen LogP contribution is 2.22. The predicted octanol–water partition coefficient (Wildman–Crippen LogP) is 3.75. The summed E-state index contributed by atoms with van der Waals surface area (Å²) < 4.78 is 1.03. The molecule has 0 aliphatic carbocycles. The molecule has 1 aromatic carbocycles. The van der Waals surface area contributed by atoms with Gasteiger partial charge in [0.15, 0.2) is 5.78 Å². The molecular formula is C12H10BrNOS. The van der Waals surface area contributed by atoms with Crippen LogP contribution in [0.15, 0.2) is 52.0 Å². The quantitative estimate of drug-likeness (QED) is 0.688. The number of carbonyl (C=O) groups excluding carboxylic acids is 1. The van der Waals surface area contributed by atoms with E-state index in [0.29, 0.717) is 11.4 Å². The molecule has 0 amide bonds. The number of aromatic nitrogens is 1. The third-order valence-corrected chi connectivity index (χ3v) is 3.55. The van der Waals surface area contributed by atoms with Gasteiger partial charge < -0.3 is 4.98 Å². The van der Waals surface area contributed by atoms with Crippen LogP contribution in [0.25, 0.3) is 0 Å². The first-order chi connectivity index (χ1) is 7.75. The minimum atomic E-state index is 0.120. The lowest BCUT2D eigenvalue weighted by molar-refractivity contribution is 0.101. The smallest absolute Gasteiger partial charge is 0.189 e. The summed E-state index contributed by atoms with van der Waals surface area (Å²) in [5.41, 5.74) is 0.669. The van der Waals surface area contributed by atoms with Crippen molar-refractivity contribution in [2.75, 3.05) is 5.75 Å². The summed E-state index contributed by atoms with van der Waals surface area (Å²) in [6.45, 7) is 0. The number of Topliss-reactive ketones (excluding diaryl/α,β-unsaturated/α-hetero) is 1. The van der Waals surface area contributed by atoms with Gasteiger partial charge in [0.05, 0.1) is 11.4 Å². The van der Waals surface area contributed by atoms with Crippen molar-refractivity contribution < 1.29 is 4.79 Å². The number of hydrogen-bond acceptors (Lipinski definition) is 2. The van der Waals surface area contributed by atoms with E-state index in [4.69, 9.17) is 0 Å². The van der Waals surface area contributed by atoms with E-state index in [9.17, 15) is 4.79 Å². The molecule has 16 heavy (non-hydrogen) atoms. The van der Waals surface area contributed by atoms with Gasteiger partial charge in [0, 0.05) is 15.6 Å². The van der Waals surface area contributed by atoms with Crippen LogP contribution >= 0.6 is 27.7 Å². The molecule has 0 saturated heterocycles. The average molecular weight is 296 g/mol. The van der Waals surface area contributed by atoms with Crippen LogP contribution in [0.3, 0.4) is 0 Å². The lowest BCUT2D eigenvalue weighted by Crippen LogP contribution is -2.02. The SMILES string of the molecule is O=C(CSc1cccc(Br)c1)c1ccc[nH]1. The Morgan fingerprint density at radius 2 is 2.19 bits per heavy atom. The summed E-state index contributed by atoms with van der Waals surface area (Å²) in [6, 6.07) is 11.6. The minimum absolute atomic E-state index is 0.120. The highest BCUT2D eigenvalue weighted by Gasteiger charge is 2.06. The van der Waals surface area contributed by atoms with E-state index in [1.54, 1.807) is 24.0 Å². The van der Waals surface area contributed by atoms with Crippen LogP contribution in [0.2, 0.25) is 0 Å². The zero-order chi connectivity index (χ0) is 11.4. The number of H-pyrrole nitrogens is 1. The topological polar surface area (TPSA) is 32.9 Å². The molecule has 2 rings (SSSR count). The van der Waals surface area contributed by atoms with Crippen molar-refractivity contribution in [1.29, 1.82) is 0 Å². The number of ketones is 1. The van der Waals surface area contributed by atoms with Gasteiger partial charge in [-0.3, -0.25) is 4.79 Å². The Labute approximate surface area is 107 Å². The summed E-state index contributed by atoms with van der Waals surface area (Å²) in [7, 11) is 0. The Morgan fingerprint density at radius 3 is 2.88 bits per heavy atom. The molecular weight excluding hydrogens is 286 g/mol. The molecule has 4 heteroatoms. The van der Waals surface area contributed by atoms with Crippen molar-refractivity contribution in [3.8, 4) is 0 Å². The van der Waals surface area contributed by atoms with Crippen LogP contribution in [0.5, 0.6) is 0 Å². The molecule has 0 aliphatic rings. The number of nitrogens with one attached hydrogen (secondary N) is 1. The van der Waals surface area contributed by atoms with Gasteiger partial charge in [-0.1, -0.05) is 22.0 Å². The van der Waals surface area contributed by atoms with E-state index in [-0.39, 0.29) is 5.78 Å². The van der Waals surface area contributed by atoms with Gasteiger partial charge in [0.2, 0.25) is 0 Å². The third kappa shape index (κ3) is 3.00. The second-order valence-electron chi connectivity index (χ2n) is 3.25. The van der Waals surface area contributed by atoms with Crippen molar-refractivity contribution in [2.45, 2.75) is 4.90 Å². The fourth-order valence-corrected chi connectivity index (χ4v) is 2.68. The standard InChI is InChI=1S/C12H10BrNOS/c13-9-3-1-4-10(7-9)16-8-12(15)11-5-2-6-14-11/h1-7,14H,8H2. The van der Waals surface area contributed by atoms with E-state index in [2.05, 4.69) is 20.9 Å². The molecule has 0 aliphatic heterocycles.